The third-order valence-corrected chi connectivity index (χ3v) is 3.30. The van der Waals surface area contributed by atoms with Gasteiger partial charge in [-0.1, -0.05) is 25.8 Å². The maximum atomic E-state index is 11.9. The molecule has 1 saturated carbocycles. The molecule has 96 valence electrons. The Kier molecular flexibility index (Phi) is 4.73. The quantitative estimate of drug-likeness (QED) is 0.723. The molecule has 0 aliphatic heterocycles. The molecule has 0 heterocycles. The van der Waals surface area contributed by atoms with E-state index in [4.69, 9.17) is 5.11 Å². The van der Waals surface area contributed by atoms with Crippen molar-refractivity contribution in [3.63, 3.8) is 0 Å². The molecule has 1 rings (SSSR count). The van der Waals surface area contributed by atoms with Crippen LogP contribution >= 0.6 is 0 Å². The first-order valence-corrected chi connectivity index (χ1v) is 6.20. The van der Waals surface area contributed by atoms with E-state index in [9.17, 15) is 9.59 Å². The summed E-state index contributed by atoms with van der Waals surface area (Å²) >= 11 is 0. The van der Waals surface area contributed by atoms with E-state index in [-0.39, 0.29) is 12.3 Å². The number of carboxylic acid groups (broad SMARTS) is 1. The maximum absolute atomic E-state index is 11.9. The minimum absolute atomic E-state index is 0.0259. The molecule has 0 spiro atoms. The van der Waals surface area contributed by atoms with Gasteiger partial charge in [0, 0.05) is 5.57 Å². The fraction of sp³-hybridized carbons (Fsp3) is 0.692. The molecule has 2 N–H and O–H groups in total. The van der Waals surface area contributed by atoms with Crippen LogP contribution in [0.25, 0.3) is 0 Å². The highest BCUT2D eigenvalue weighted by atomic mass is 16.4. The molecule has 4 heteroatoms. The van der Waals surface area contributed by atoms with Crippen molar-refractivity contribution >= 4 is 11.9 Å². The van der Waals surface area contributed by atoms with Crippen molar-refractivity contribution in [2.75, 3.05) is 0 Å². The third-order valence-electron chi connectivity index (χ3n) is 3.30. The third kappa shape index (κ3) is 3.88. The molecule has 0 aromatic rings. The highest BCUT2D eigenvalue weighted by Crippen LogP contribution is 2.32. The predicted molar refractivity (Wildman–Crippen MR) is 65.6 cm³/mol. The molecule has 0 aromatic carbocycles. The number of allylic oxidation sites excluding steroid dienone is 1. The van der Waals surface area contributed by atoms with E-state index >= 15 is 0 Å². The van der Waals surface area contributed by atoms with Gasteiger partial charge in [0.15, 0.2) is 0 Å². The lowest BCUT2D eigenvalue weighted by Crippen LogP contribution is -2.48. The Morgan fingerprint density at radius 1 is 1.35 bits per heavy atom. The van der Waals surface area contributed by atoms with Gasteiger partial charge in [0.2, 0.25) is 5.91 Å². The van der Waals surface area contributed by atoms with Gasteiger partial charge in [0.1, 0.15) is 0 Å². The lowest BCUT2D eigenvalue weighted by Gasteiger charge is -2.28. The Morgan fingerprint density at radius 3 is 2.41 bits per heavy atom. The number of rotatable bonds is 5. The number of amides is 1. The van der Waals surface area contributed by atoms with Crippen molar-refractivity contribution in [1.82, 2.24) is 5.32 Å². The zero-order valence-electron chi connectivity index (χ0n) is 10.6. The van der Waals surface area contributed by atoms with Gasteiger partial charge in [-0.2, -0.15) is 0 Å². The number of carbonyl (C=O) groups excluding carboxylic acids is 1. The van der Waals surface area contributed by atoms with Gasteiger partial charge in [-0.25, -0.2) is 0 Å². The topological polar surface area (TPSA) is 66.4 Å². The second kappa shape index (κ2) is 5.84. The van der Waals surface area contributed by atoms with E-state index in [0.717, 1.165) is 32.1 Å². The normalized spacial score (nSPS) is 19.1. The zero-order valence-corrected chi connectivity index (χ0v) is 10.6. The largest absolute Gasteiger partial charge is 0.481 e. The summed E-state index contributed by atoms with van der Waals surface area (Å²) in [6.07, 6.45) is 6.21. The molecule has 1 aliphatic carbocycles. The fourth-order valence-electron chi connectivity index (χ4n) is 2.43. The minimum atomic E-state index is -0.843. The number of hydrogen-bond acceptors (Lipinski definition) is 2. The molecule has 0 unspecified atom stereocenters. The van der Waals surface area contributed by atoms with E-state index in [1.54, 1.807) is 6.92 Å². The lowest BCUT2D eigenvalue weighted by molar-refractivity contribution is -0.139. The van der Waals surface area contributed by atoms with Gasteiger partial charge in [0.25, 0.3) is 0 Å². The molecular formula is C13H21NO3. The SMILES string of the molecule is CCC=C(C)C(=O)NC1(CC(=O)O)CCCC1. The highest BCUT2D eigenvalue weighted by Gasteiger charge is 2.37. The molecule has 0 atom stereocenters. The molecule has 0 bridgehead atoms. The Balaban J connectivity index is 2.70. The molecule has 1 fully saturated rings. The van der Waals surface area contributed by atoms with Gasteiger partial charge in [-0.3, -0.25) is 9.59 Å². The second-order valence-electron chi connectivity index (χ2n) is 4.81. The predicted octanol–water partition coefficient (Wildman–Crippen LogP) is 2.25. The molecule has 1 amide bonds. The van der Waals surface area contributed by atoms with Crippen LogP contribution in [0.3, 0.4) is 0 Å². The van der Waals surface area contributed by atoms with Gasteiger partial charge >= 0.3 is 5.97 Å². The van der Waals surface area contributed by atoms with Crippen LogP contribution in [0.2, 0.25) is 0 Å². The first kappa shape index (κ1) is 13.7. The van der Waals surface area contributed by atoms with Crippen molar-refractivity contribution < 1.29 is 14.7 Å². The van der Waals surface area contributed by atoms with E-state index in [1.165, 1.54) is 0 Å². The van der Waals surface area contributed by atoms with Crippen molar-refractivity contribution in [2.45, 2.75) is 57.9 Å². The molecule has 1 aliphatic rings. The highest BCUT2D eigenvalue weighted by molar-refractivity contribution is 5.93. The van der Waals surface area contributed by atoms with Gasteiger partial charge in [-0.05, 0) is 26.2 Å². The standard InChI is InChI=1S/C13H21NO3/c1-3-6-10(2)12(17)14-13(9-11(15)16)7-4-5-8-13/h6H,3-5,7-9H2,1-2H3,(H,14,17)(H,15,16). The van der Waals surface area contributed by atoms with Crippen LogP contribution in [0.5, 0.6) is 0 Å². The molecule has 17 heavy (non-hydrogen) atoms. The molecule has 4 nitrogen and oxygen atoms in total. The summed E-state index contributed by atoms with van der Waals surface area (Å²) < 4.78 is 0. The number of carboxylic acids is 1. The average Bonchev–Trinajstić information content (AvgIpc) is 2.65. The Morgan fingerprint density at radius 2 is 1.94 bits per heavy atom. The zero-order chi connectivity index (χ0) is 12.9. The number of aliphatic carboxylic acids is 1. The number of hydrogen-bond donors (Lipinski definition) is 2. The van der Waals surface area contributed by atoms with Gasteiger partial charge < -0.3 is 10.4 Å². The Hall–Kier alpha value is -1.32. The smallest absolute Gasteiger partial charge is 0.305 e. The summed E-state index contributed by atoms with van der Waals surface area (Å²) in [5, 5.41) is 11.8. The van der Waals surface area contributed by atoms with Crippen molar-refractivity contribution in [1.29, 1.82) is 0 Å². The van der Waals surface area contributed by atoms with Crippen LogP contribution in [-0.2, 0) is 9.59 Å². The summed E-state index contributed by atoms with van der Waals surface area (Å²) in [5.41, 5.74) is 0.148. The first-order valence-electron chi connectivity index (χ1n) is 6.20. The van der Waals surface area contributed by atoms with Crippen LogP contribution in [0.15, 0.2) is 11.6 Å². The number of carbonyl (C=O) groups is 2. The summed E-state index contributed by atoms with van der Waals surface area (Å²) in [5.74, 6) is -0.973. The van der Waals surface area contributed by atoms with E-state index < -0.39 is 11.5 Å². The van der Waals surface area contributed by atoms with Crippen LogP contribution < -0.4 is 5.32 Å². The van der Waals surface area contributed by atoms with Crippen molar-refractivity contribution in [3.8, 4) is 0 Å². The van der Waals surface area contributed by atoms with Gasteiger partial charge in [0.05, 0.1) is 12.0 Å². The molecule has 0 saturated heterocycles. The van der Waals surface area contributed by atoms with Crippen LogP contribution in [0, 0.1) is 0 Å². The molecular weight excluding hydrogens is 218 g/mol. The Bertz CT molecular complexity index is 328. The monoisotopic (exact) mass is 239 g/mol. The van der Waals surface area contributed by atoms with Gasteiger partial charge in [-0.15, -0.1) is 0 Å². The van der Waals surface area contributed by atoms with Crippen LogP contribution in [0.1, 0.15) is 52.4 Å². The van der Waals surface area contributed by atoms with Crippen LogP contribution in [0.4, 0.5) is 0 Å². The number of nitrogens with one attached hydrogen (secondary N) is 1. The lowest BCUT2D eigenvalue weighted by atomic mass is 9.92. The minimum Gasteiger partial charge on any atom is -0.481 e. The average molecular weight is 239 g/mol. The maximum Gasteiger partial charge on any atom is 0.305 e. The Labute approximate surface area is 102 Å². The summed E-state index contributed by atoms with van der Waals surface area (Å²) in [7, 11) is 0. The second-order valence-corrected chi connectivity index (χ2v) is 4.81. The molecule has 0 aromatic heterocycles. The summed E-state index contributed by atoms with van der Waals surface area (Å²) in [6, 6.07) is 0. The summed E-state index contributed by atoms with van der Waals surface area (Å²) in [6.45, 7) is 3.74. The molecule has 0 radical (unpaired) electrons. The van der Waals surface area contributed by atoms with Crippen molar-refractivity contribution in [2.24, 2.45) is 0 Å². The first-order chi connectivity index (χ1) is 7.99. The van der Waals surface area contributed by atoms with Crippen molar-refractivity contribution in [3.05, 3.63) is 11.6 Å². The van der Waals surface area contributed by atoms with E-state index in [2.05, 4.69) is 5.32 Å². The van der Waals surface area contributed by atoms with E-state index in [0.29, 0.717) is 5.57 Å². The summed E-state index contributed by atoms with van der Waals surface area (Å²) in [4.78, 5) is 22.8. The fourth-order valence-corrected chi connectivity index (χ4v) is 2.43. The van der Waals surface area contributed by atoms with E-state index in [1.807, 2.05) is 13.0 Å². The van der Waals surface area contributed by atoms with Crippen LogP contribution in [-0.4, -0.2) is 22.5 Å².